The number of ether oxygens (including phenoxy) is 1. The quantitative estimate of drug-likeness (QED) is 0.772. The predicted octanol–water partition coefficient (Wildman–Crippen LogP) is 3.01. The lowest BCUT2D eigenvalue weighted by atomic mass is 10.1. The van der Waals surface area contributed by atoms with E-state index in [1.54, 1.807) is 12.1 Å². The highest BCUT2D eigenvalue weighted by Gasteiger charge is 2.41. The Balaban J connectivity index is 1.83. The van der Waals surface area contributed by atoms with Crippen molar-refractivity contribution < 1.29 is 18.3 Å². The Kier molecular flexibility index (Phi) is 4.42. The molecule has 0 saturated carbocycles. The minimum absolute atomic E-state index is 0.129. The van der Waals surface area contributed by atoms with Gasteiger partial charge in [0.1, 0.15) is 11.6 Å². The van der Waals surface area contributed by atoms with Gasteiger partial charge in [0.25, 0.3) is 0 Å². The molecule has 1 N–H and O–H groups in total. The number of amides is 1. The molecule has 128 valence electrons. The van der Waals surface area contributed by atoms with E-state index >= 15 is 0 Å². The number of hydrogen-bond donors (Lipinski definition) is 1. The first-order valence-corrected chi connectivity index (χ1v) is 7.30. The number of nitrogens with zero attached hydrogens (tertiary/aromatic N) is 3. The third kappa shape index (κ3) is 3.32. The van der Waals surface area contributed by atoms with E-state index in [2.05, 4.69) is 15.4 Å². The molecular formula is C17H14F2N4O2. The second-order valence-corrected chi connectivity index (χ2v) is 5.09. The second-order valence-electron chi connectivity index (χ2n) is 5.09. The number of rotatable bonds is 5. The number of alkyl halides is 2. The van der Waals surface area contributed by atoms with Crippen molar-refractivity contribution in [3.8, 4) is 11.4 Å². The molecule has 0 fully saturated rings. The number of halogens is 2. The SMILES string of the molecule is COc1ccc(C(F)(F)C(=O)Nc2ccnn2-c2ccncc2)cc1. The molecule has 25 heavy (non-hydrogen) atoms. The summed E-state index contributed by atoms with van der Waals surface area (Å²) in [5.74, 6) is -4.60. The number of pyridine rings is 1. The molecule has 2 heterocycles. The molecule has 0 aliphatic carbocycles. The first kappa shape index (κ1) is 16.6. The van der Waals surface area contributed by atoms with Gasteiger partial charge in [0, 0.05) is 24.0 Å². The van der Waals surface area contributed by atoms with Crippen LogP contribution in [-0.4, -0.2) is 27.8 Å². The van der Waals surface area contributed by atoms with Gasteiger partial charge in [0.2, 0.25) is 0 Å². The summed E-state index contributed by atoms with van der Waals surface area (Å²) in [6, 6.07) is 9.77. The van der Waals surface area contributed by atoms with Crippen molar-refractivity contribution in [3.63, 3.8) is 0 Å². The van der Waals surface area contributed by atoms with Crippen LogP contribution in [0, 0.1) is 0 Å². The predicted molar refractivity (Wildman–Crippen MR) is 86.9 cm³/mol. The fourth-order valence-corrected chi connectivity index (χ4v) is 2.22. The van der Waals surface area contributed by atoms with Crippen molar-refractivity contribution in [3.05, 3.63) is 66.6 Å². The standard InChI is InChI=1S/C17H14F2N4O2/c1-25-14-4-2-12(3-5-14)17(18,19)16(24)22-15-8-11-21-23(15)13-6-9-20-10-7-13/h2-11H,1H3,(H,22,24). The monoisotopic (exact) mass is 344 g/mol. The van der Waals surface area contributed by atoms with Gasteiger partial charge in [0.15, 0.2) is 0 Å². The Morgan fingerprint density at radius 3 is 2.40 bits per heavy atom. The van der Waals surface area contributed by atoms with Crippen LogP contribution < -0.4 is 10.1 Å². The largest absolute Gasteiger partial charge is 0.497 e. The summed E-state index contributed by atoms with van der Waals surface area (Å²) < 4.78 is 35.1. The molecule has 0 saturated heterocycles. The smallest absolute Gasteiger partial charge is 0.350 e. The van der Waals surface area contributed by atoms with Crippen LogP contribution in [-0.2, 0) is 10.7 Å². The minimum atomic E-state index is -3.71. The zero-order valence-electron chi connectivity index (χ0n) is 13.2. The van der Waals surface area contributed by atoms with Gasteiger partial charge in [-0.3, -0.25) is 9.78 Å². The van der Waals surface area contributed by atoms with E-state index in [9.17, 15) is 13.6 Å². The van der Waals surface area contributed by atoms with Crippen LogP contribution >= 0.6 is 0 Å². The fourth-order valence-electron chi connectivity index (χ4n) is 2.22. The van der Waals surface area contributed by atoms with Gasteiger partial charge in [-0.1, -0.05) is 0 Å². The van der Waals surface area contributed by atoms with Gasteiger partial charge >= 0.3 is 11.8 Å². The van der Waals surface area contributed by atoms with Crippen molar-refractivity contribution in [1.82, 2.24) is 14.8 Å². The molecule has 2 aromatic heterocycles. The van der Waals surface area contributed by atoms with Crippen molar-refractivity contribution in [2.45, 2.75) is 5.92 Å². The first-order valence-electron chi connectivity index (χ1n) is 7.30. The number of aromatic nitrogens is 3. The summed E-state index contributed by atoms with van der Waals surface area (Å²) >= 11 is 0. The Hall–Kier alpha value is -3.29. The van der Waals surface area contributed by atoms with E-state index in [-0.39, 0.29) is 5.82 Å². The molecule has 1 amide bonds. The molecule has 0 aliphatic heterocycles. The van der Waals surface area contributed by atoms with Crippen LogP contribution in [0.4, 0.5) is 14.6 Å². The van der Waals surface area contributed by atoms with Gasteiger partial charge in [-0.2, -0.15) is 13.9 Å². The topological polar surface area (TPSA) is 69.0 Å². The maximum absolute atomic E-state index is 14.4. The summed E-state index contributed by atoms with van der Waals surface area (Å²) in [4.78, 5) is 16.0. The number of anilines is 1. The Labute approximate surface area is 142 Å². The van der Waals surface area contributed by atoms with Crippen LogP contribution in [0.2, 0.25) is 0 Å². The zero-order valence-corrected chi connectivity index (χ0v) is 13.2. The molecule has 0 aliphatic rings. The summed E-state index contributed by atoms with van der Waals surface area (Å²) in [6.07, 6.45) is 4.48. The molecule has 0 spiro atoms. The second kappa shape index (κ2) is 6.68. The molecule has 3 rings (SSSR count). The van der Waals surface area contributed by atoms with E-state index in [0.717, 1.165) is 12.1 Å². The highest BCUT2D eigenvalue weighted by molar-refractivity contribution is 5.96. The molecule has 3 aromatic rings. The number of methoxy groups -OCH3 is 1. The van der Waals surface area contributed by atoms with Crippen molar-refractivity contribution in [2.75, 3.05) is 12.4 Å². The fraction of sp³-hybridized carbons (Fsp3) is 0.118. The Bertz CT molecular complexity index is 864. The minimum Gasteiger partial charge on any atom is -0.497 e. The molecule has 8 heteroatoms. The molecule has 0 bridgehead atoms. The Morgan fingerprint density at radius 2 is 1.76 bits per heavy atom. The van der Waals surface area contributed by atoms with Crippen molar-refractivity contribution >= 4 is 11.7 Å². The number of carbonyl (C=O) groups excluding carboxylic acids is 1. The number of nitrogens with one attached hydrogen (secondary N) is 1. The third-order valence-electron chi connectivity index (χ3n) is 3.53. The molecule has 1 aromatic carbocycles. The lowest BCUT2D eigenvalue weighted by molar-refractivity contribution is -0.141. The number of hydrogen-bond acceptors (Lipinski definition) is 4. The van der Waals surface area contributed by atoms with Crippen molar-refractivity contribution in [1.29, 1.82) is 0 Å². The van der Waals surface area contributed by atoms with Crippen molar-refractivity contribution in [2.24, 2.45) is 0 Å². The van der Waals surface area contributed by atoms with Crippen LogP contribution in [0.3, 0.4) is 0 Å². The normalized spacial score (nSPS) is 11.2. The lowest BCUT2D eigenvalue weighted by Gasteiger charge is -2.17. The average Bonchev–Trinajstić information content (AvgIpc) is 3.10. The van der Waals surface area contributed by atoms with Gasteiger partial charge < -0.3 is 10.1 Å². The zero-order chi connectivity index (χ0) is 17.9. The van der Waals surface area contributed by atoms with Crippen LogP contribution in [0.5, 0.6) is 5.75 Å². The van der Waals surface area contributed by atoms with E-state index in [0.29, 0.717) is 11.4 Å². The van der Waals surface area contributed by atoms with Gasteiger partial charge in [-0.05, 0) is 36.4 Å². The summed E-state index contributed by atoms with van der Waals surface area (Å²) in [5, 5.41) is 6.25. The van der Waals surface area contributed by atoms with Gasteiger partial charge in [-0.25, -0.2) is 4.68 Å². The van der Waals surface area contributed by atoms with Gasteiger partial charge in [0.05, 0.1) is 19.0 Å². The maximum Gasteiger partial charge on any atom is 0.350 e. The highest BCUT2D eigenvalue weighted by Crippen LogP contribution is 2.31. The molecule has 0 atom stereocenters. The van der Waals surface area contributed by atoms with E-state index in [1.807, 2.05) is 0 Å². The summed E-state index contributed by atoms with van der Waals surface area (Å²) in [7, 11) is 1.43. The van der Waals surface area contributed by atoms with E-state index in [4.69, 9.17) is 4.74 Å². The van der Waals surface area contributed by atoms with Crippen LogP contribution in [0.15, 0.2) is 61.1 Å². The first-order chi connectivity index (χ1) is 12.0. The highest BCUT2D eigenvalue weighted by atomic mass is 19.3. The number of benzene rings is 1. The lowest BCUT2D eigenvalue weighted by Crippen LogP contribution is -2.33. The molecule has 6 nitrogen and oxygen atoms in total. The molecule has 0 unspecified atom stereocenters. The van der Waals surface area contributed by atoms with Crippen LogP contribution in [0.1, 0.15) is 5.56 Å². The van der Waals surface area contributed by atoms with E-state index < -0.39 is 17.4 Å². The average molecular weight is 344 g/mol. The van der Waals surface area contributed by atoms with E-state index in [1.165, 1.54) is 48.6 Å². The maximum atomic E-state index is 14.4. The summed E-state index contributed by atoms with van der Waals surface area (Å²) in [6.45, 7) is 0. The van der Waals surface area contributed by atoms with Gasteiger partial charge in [-0.15, -0.1) is 0 Å². The molecular weight excluding hydrogens is 330 g/mol. The summed E-state index contributed by atoms with van der Waals surface area (Å²) in [5.41, 5.74) is 0.156. The molecule has 0 radical (unpaired) electrons. The third-order valence-corrected chi connectivity index (χ3v) is 3.53. The number of carbonyl (C=O) groups is 1. The van der Waals surface area contributed by atoms with Crippen LogP contribution in [0.25, 0.3) is 5.69 Å². The Morgan fingerprint density at radius 1 is 1.08 bits per heavy atom.